The van der Waals surface area contributed by atoms with Gasteiger partial charge in [0.2, 0.25) is 0 Å². The second kappa shape index (κ2) is 6.53. The molecular formula is C24H14ClN3. The fourth-order valence-corrected chi connectivity index (χ4v) is 3.95. The Morgan fingerprint density at radius 2 is 1.64 bits per heavy atom. The van der Waals surface area contributed by atoms with E-state index in [0.29, 0.717) is 10.7 Å². The Morgan fingerprint density at radius 3 is 2.43 bits per heavy atom. The van der Waals surface area contributed by atoms with Crippen molar-refractivity contribution in [2.24, 2.45) is 0 Å². The Hall–Kier alpha value is -3.61. The summed E-state index contributed by atoms with van der Waals surface area (Å²) < 4.78 is 2.25. The summed E-state index contributed by atoms with van der Waals surface area (Å²) in [5.74, 6) is 0. The molecule has 0 atom stereocenters. The highest BCUT2D eigenvalue weighted by molar-refractivity contribution is 6.29. The fraction of sp³-hybridized carbons (Fsp3) is 0. The molecule has 0 saturated carbocycles. The second-order valence-electron chi connectivity index (χ2n) is 6.58. The summed E-state index contributed by atoms with van der Waals surface area (Å²) >= 11 is 6.17. The highest BCUT2D eigenvalue weighted by Gasteiger charge is 2.16. The number of hydrogen-bond acceptors (Lipinski definition) is 2. The largest absolute Gasteiger partial charge is 0.309 e. The van der Waals surface area contributed by atoms with Crippen LogP contribution in [-0.4, -0.2) is 9.55 Å². The molecule has 0 amide bonds. The number of hydrogen-bond donors (Lipinski definition) is 0. The van der Waals surface area contributed by atoms with E-state index in [1.54, 1.807) is 6.20 Å². The number of aromatic nitrogens is 2. The molecular weight excluding hydrogens is 366 g/mol. The monoisotopic (exact) mass is 379 g/mol. The Labute approximate surface area is 167 Å². The minimum absolute atomic E-state index is 0.468. The lowest BCUT2D eigenvalue weighted by molar-refractivity contribution is 1.18. The molecule has 0 aliphatic rings. The standard InChI is InChI=1S/C24H14ClN3/c25-23-14-17(12-13-27-23)19-5-3-6-21-20-4-1-2-7-22(20)28(24(19)21)18-10-8-16(15-26)9-11-18/h1-14H. The van der Waals surface area contributed by atoms with Gasteiger partial charge in [0.1, 0.15) is 5.15 Å². The lowest BCUT2D eigenvalue weighted by Crippen LogP contribution is -1.95. The van der Waals surface area contributed by atoms with Crippen LogP contribution in [0.3, 0.4) is 0 Å². The summed E-state index contributed by atoms with van der Waals surface area (Å²) in [6.07, 6.45) is 1.73. The van der Waals surface area contributed by atoms with Crippen LogP contribution < -0.4 is 0 Å². The van der Waals surface area contributed by atoms with Gasteiger partial charge < -0.3 is 4.57 Å². The number of fused-ring (bicyclic) bond motifs is 3. The van der Waals surface area contributed by atoms with Crippen molar-refractivity contribution in [1.82, 2.24) is 9.55 Å². The summed E-state index contributed by atoms with van der Waals surface area (Å²) in [6.45, 7) is 0. The van der Waals surface area contributed by atoms with E-state index >= 15 is 0 Å². The average molecular weight is 380 g/mol. The molecule has 2 aromatic heterocycles. The van der Waals surface area contributed by atoms with Crippen LogP contribution in [0.5, 0.6) is 0 Å². The highest BCUT2D eigenvalue weighted by Crippen LogP contribution is 2.38. The Bertz CT molecular complexity index is 1380. The van der Waals surface area contributed by atoms with Gasteiger partial charge in [-0.25, -0.2) is 4.98 Å². The molecule has 3 aromatic carbocycles. The molecule has 0 aliphatic carbocycles. The van der Waals surface area contributed by atoms with Crippen LogP contribution in [0.15, 0.2) is 85.1 Å². The number of rotatable bonds is 2. The number of pyridine rings is 1. The molecule has 0 spiro atoms. The van der Waals surface area contributed by atoms with E-state index in [9.17, 15) is 0 Å². The number of benzene rings is 3. The summed E-state index contributed by atoms with van der Waals surface area (Å²) in [4.78, 5) is 4.12. The molecule has 0 radical (unpaired) electrons. The fourth-order valence-electron chi connectivity index (χ4n) is 3.77. The summed E-state index contributed by atoms with van der Waals surface area (Å²) in [5.41, 5.74) is 5.99. The molecule has 0 aliphatic heterocycles. The Kier molecular flexibility index (Phi) is 3.86. The third-order valence-electron chi connectivity index (χ3n) is 4.99. The topological polar surface area (TPSA) is 41.6 Å². The summed E-state index contributed by atoms with van der Waals surface area (Å²) in [5, 5.41) is 12.0. The minimum Gasteiger partial charge on any atom is -0.309 e. The molecule has 4 heteroatoms. The smallest absolute Gasteiger partial charge is 0.129 e. The van der Waals surface area contributed by atoms with Crippen molar-refractivity contribution in [2.45, 2.75) is 0 Å². The van der Waals surface area contributed by atoms with E-state index in [4.69, 9.17) is 16.9 Å². The van der Waals surface area contributed by atoms with Gasteiger partial charge in [-0.3, -0.25) is 0 Å². The van der Waals surface area contributed by atoms with E-state index in [1.165, 1.54) is 10.8 Å². The SMILES string of the molecule is N#Cc1ccc(-n2c3ccccc3c3cccc(-c4ccnc(Cl)c4)c32)cc1. The third-order valence-corrected chi connectivity index (χ3v) is 5.19. The maximum absolute atomic E-state index is 9.15. The molecule has 2 heterocycles. The zero-order valence-electron chi connectivity index (χ0n) is 14.8. The predicted molar refractivity (Wildman–Crippen MR) is 114 cm³/mol. The van der Waals surface area contributed by atoms with Gasteiger partial charge in [-0.15, -0.1) is 0 Å². The van der Waals surface area contributed by atoms with Crippen LogP contribution in [0.1, 0.15) is 5.56 Å². The normalized spacial score (nSPS) is 11.0. The average Bonchev–Trinajstić information content (AvgIpc) is 3.08. The van der Waals surface area contributed by atoms with Crippen LogP contribution >= 0.6 is 11.6 Å². The van der Waals surface area contributed by atoms with Crippen molar-refractivity contribution >= 4 is 33.4 Å². The third kappa shape index (κ3) is 2.55. The molecule has 0 fully saturated rings. The first-order chi connectivity index (χ1) is 13.8. The van der Waals surface area contributed by atoms with Crippen molar-refractivity contribution in [1.29, 1.82) is 5.26 Å². The maximum Gasteiger partial charge on any atom is 0.129 e. The molecule has 0 bridgehead atoms. The number of halogens is 1. The number of nitriles is 1. The zero-order valence-corrected chi connectivity index (χ0v) is 15.6. The predicted octanol–water partition coefficient (Wildman–Crippen LogP) is 6.37. The van der Waals surface area contributed by atoms with Gasteiger partial charge in [0.25, 0.3) is 0 Å². The van der Waals surface area contributed by atoms with Crippen molar-refractivity contribution < 1.29 is 0 Å². The lowest BCUT2D eigenvalue weighted by Gasteiger charge is -2.12. The van der Waals surface area contributed by atoms with Crippen molar-refractivity contribution in [3.05, 3.63) is 95.8 Å². The molecule has 28 heavy (non-hydrogen) atoms. The van der Waals surface area contributed by atoms with Crippen LogP contribution in [0.25, 0.3) is 38.6 Å². The lowest BCUT2D eigenvalue weighted by atomic mass is 10.0. The van der Waals surface area contributed by atoms with Gasteiger partial charge in [-0.05, 0) is 48.0 Å². The van der Waals surface area contributed by atoms with Gasteiger partial charge in [-0.2, -0.15) is 5.26 Å². The van der Waals surface area contributed by atoms with Crippen molar-refractivity contribution in [2.75, 3.05) is 0 Å². The molecule has 5 aromatic rings. The quantitative estimate of drug-likeness (QED) is 0.334. The van der Waals surface area contributed by atoms with Gasteiger partial charge in [-0.1, -0.05) is 48.0 Å². The number of nitrogens with zero attached hydrogens (tertiary/aromatic N) is 3. The molecule has 0 N–H and O–H groups in total. The van der Waals surface area contributed by atoms with Crippen molar-refractivity contribution in [3.8, 4) is 22.9 Å². The molecule has 3 nitrogen and oxygen atoms in total. The van der Waals surface area contributed by atoms with E-state index in [0.717, 1.165) is 27.8 Å². The minimum atomic E-state index is 0.468. The van der Waals surface area contributed by atoms with Crippen LogP contribution in [0, 0.1) is 11.3 Å². The van der Waals surface area contributed by atoms with Crippen LogP contribution in [-0.2, 0) is 0 Å². The van der Waals surface area contributed by atoms with Gasteiger partial charge in [0.15, 0.2) is 0 Å². The second-order valence-corrected chi connectivity index (χ2v) is 6.97. The van der Waals surface area contributed by atoms with Gasteiger partial charge >= 0.3 is 0 Å². The van der Waals surface area contributed by atoms with Gasteiger partial charge in [0.05, 0.1) is 22.7 Å². The first-order valence-corrected chi connectivity index (χ1v) is 9.29. The van der Waals surface area contributed by atoms with Gasteiger partial charge in [0, 0.05) is 28.2 Å². The van der Waals surface area contributed by atoms with E-state index < -0.39 is 0 Å². The van der Waals surface area contributed by atoms with Crippen LogP contribution in [0.2, 0.25) is 5.15 Å². The maximum atomic E-state index is 9.15. The zero-order chi connectivity index (χ0) is 19.1. The summed E-state index contributed by atoms with van der Waals surface area (Å²) in [6, 6.07) is 28.4. The first-order valence-electron chi connectivity index (χ1n) is 8.91. The summed E-state index contributed by atoms with van der Waals surface area (Å²) in [7, 11) is 0. The van der Waals surface area contributed by atoms with E-state index in [2.05, 4.69) is 52.0 Å². The Balaban J connectivity index is 1.92. The van der Waals surface area contributed by atoms with Crippen molar-refractivity contribution in [3.63, 3.8) is 0 Å². The van der Waals surface area contributed by atoms with E-state index in [-0.39, 0.29) is 0 Å². The van der Waals surface area contributed by atoms with E-state index in [1.807, 2.05) is 42.5 Å². The Morgan fingerprint density at radius 1 is 0.857 bits per heavy atom. The molecule has 0 saturated heterocycles. The highest BCUT2D eigenvalue weighted by atomic mass is 35.5. The first kappa shape index (κ1) is 16.6. The molecule has 0 unspecified atom stereocenters. The molecule has 132 valence electrons. The molecule has 5 rings (SSSR count). The number of para-hydroxylation sites is 2. The van der Waals surface area contributed by atoms with Crippen LogP contribution in [0.4, 0.5) is 0 Å².